The molecule has 1 amide bonds. The minimum atomic E-state index is -0.926. The fourth-order valence-corrected chi connectivity index (χ4v) is 4.16. The van der Waals surface area contributed by atoms with Gasteiger partial charge in [-0.15, -0.1) is 11.8 Å². The largest absolute Gasteiger partial charge is 0.481 e. The fourth-order valence-electron chi connectivity index (χ4n) is 2.93. The average Bonchev–Trinajstić information content (AvgIpc) is 3.04. The van der Waals surface area contributed by atoms with E-state index in [0.29, 0.717) is 5.75 Å². The van der Waals surface area contributed by atoms with Gasteiger partial charge in [-0.2, -0.15) is 0 Å². The van der Waals surface area contributed by atoms with E-state index >= 15 is 0 Å². The van der Waals surface area contributed by atoms with Crippen LogP contribution in [0.1, 0.15) is 30.0 Å². The zero-order valence-electron chi connectivity index (χ0n) is 13.3. The molecule has 5 heteroatoms. The van der Waals surface area contributed by atoms with Gasteiger partial charge in [0.05, 0.1) is 17.9 Å². The van der Waals surface area contributed by atoms with Crippen LogP contribution >= 0.6 is 11.8 Å². The summed E-state index contributed by atoms with van der Waals surface area (Å²) in [5.74, 6) is -1.30. The van der Waals surface area contributed by atoms with E-state index in [1.165, 1.54) is 0 Å². The molecule has 1 aliphatic heterocycles. The second-order valence-electron chi connectivity index (χ2n) is 5.93. The number of aliphatic carboxylic acids is 1. The molecule has 3 unspecified atom stereocenters. The maximum absolute atomic E-state index is 12.8. The van der Waals surface area contributed by atoms with Crippen molar-refractivity contribution in [3.05, 3.63) is 65.7 Å². The zero-order chi connectivity index (χ0) is 17.1. The zero-order valence-corrected chi connectivity index (χ0v) is 14.1. The molecule has 4 nitrogen and oxygen atoms in total. The van der Waals surface area contributed by atoms with Crippen molar-refractivity contribution in [3.8, 4) is 0 Å². The molecule has 3 atom stereocenters. The molecule has 24 heavy (non-hydrogen) atoms. The van der Waals surface area contributed by atoms with Gasteiger partial charge in [0.1, 0.15) is 0 Å². The number of amides is 1. The number of carboxylic acids is 1. The van der Waals surface area contributed by atoms with Gasteiger partial charge in [-0.05, 0) is 24.1 Å². The highest BCUT2D eigenvalue weighted by atomic mass is 32.2. The Balaban J connectivity index is 1.83. The van der Waals surface area contributed by atoms with Crippen molar-refractivity contribution < 1.29 is 14.7 Å². The SMILES string of the molecule is CC(C(=O)O)C(NC(=O)C1CSc2ccccc21)c1ccccc1. The van der Waals surface area contributed by atoms with Crippen molar-refractivity contribution in [2.45, 2.75) is 23.8 Å². The standard InChI is InChI=1S/C19H19NO3S/c1-12(19(22)23)17(13-7-3-2-4-8-13)20-18(21)15-11-24-16-10-6-5-9-14(15)16/h2-10,12,15,17H,11H2,1H3,(H,20,21)(H,22,23). The summed E-state index contributed by atoms with van der Waals surface area (Å²) >= 11 is 1.66. The number of benzene rings is 2. The predicted molar refractivity (Wildman–Crippen MR) is 94.0 cm³/mol. The molecule has 0 saturated carbocycles. The molecule has 0 aliphatic carbocycles. The van der Waals surface area contributed by atoms with Crippen LogP contribution in [0.15, 0.2) is 59.5 Å². The quantitative estimate of drug-likeness (QED) is 0.874. The summed E-state index contributed by atoms with van der Waals surface area (Å²) in [6, 6.07) is 16.6. The van der Waals surface area contributed by atoms with Gasteiger partial charge >= 0.3 is 5.97 Å². The molecule has 2 aromatic rings. The summed E-state index contributed by atoms with van der Waals surface area (Å²) in [5.41, 5.74) is 1.83. The smallest absolute Gasteiger partial charge is 0.308 e. The summed E-state index contributed by atoms with van der Waals surface area (Å²) in [6.07, 6.45) is 0. The van der Waals surface area contributed by atoms with Crippen LogP contribution in [0.4, 0.5) is 0 Å². The number of thioether (sulfide) groups is 1. The lowest BCUT2D eigenvalue weighted by atomic mass is 9.93. The van der Waals surface area contributed by atoms with Gasteiger partial charge in [0.2, 0.25) is 5.91 Å². The van der Waals surface area contributed by atoms with Crippen molar-refractivity contribution >= 4 is 23.6 Å². The molecule has 124 valence electrons. The Hall–Kier alpha value is -2.27. The highest BCUT2D eigenvalue weighted by Gasteiger charge is 2.33. The Morgan fingerprint density at radius 2 is 1.79 bits per heavy atom. The van der Waals surface area contributed by atoms with E-state index in [4.69, 9.17) is 0 Å². The van der Waals surface area contributed by atoms with Crippen LogP contribution in [-0.4, -0.2) is 22.7 Å². The molecule has 0 saturated heterocycles. The Bertz CT molecular complexity index is 747. The molecule has 2 aromatic carbocycles. The van der Waals surface area contributed by atoms with Crippen molar-refractivity contribution in [3.63, 3.8) is 0 Å². The number of hydrogen-bond donors (Lipinski definition) is 2. The van der Waals surface area contributed by atoms with Gasteiger partial charge in [-0.1, -0.05) is 48.5 Å². The summed E-state index contributed by atoms with van der Waals surface area (Å²) in [6.45, 7) is 1.62. The van der Waals surface area contributed by atoms with Gasteiger partial charge < -0.3 is 10.4 Å². The number of nitrogens with one attached hydrogen (secondary N) is 1. The van der Waals surface area contributed by atoms with Crippen LogP contribution in [0.2, 0.25) is 0 Å². The van der Waals surface area contributed by atoms with Crippen LogP contribution in [0.25, 0.3) is 0 Å². The monoisotopic (exact) mass is 341 g/mol. The number of carbonyl (C=O) groups excluding carboxylic acids is 1. The van der Waals surface area contributed by atoms with E-state index in [-0.39, 0.29) is 11.8 Å². The van der Waals surface area contributed by atoms with Gasteiger partial charge in [-0.3, -0.25) is 9.59 Å². The first-order chi connectivity index (χ1) is 11.6. The number of carboxylic acid groups (broad SMARTS) is 1. The van der Waals surface area contributed by atoms with Gasteiger partial charge in [0, 0.05) is 10.6 Å². The van der Waals surface area contributed by atoms with E-state index in [1.807, 2.05) is 54.6 Å². The third-order valence-corrected chi connectivity index (χ3v) is 5.55. The maximum atomic E-state index is 12.8. The van der Waals surface area contributed by atoms with Crippen LogP contribution in [0.5, 0.6) is 0 Å². The minimum absolute atomic E-state index is 0.116. The highest BCUT2D eigenvalue weighted by Crippen LogP contribution is 2.39. The van der Waals surface area contributed by atoms with Crippen LogP contribution in [0, 0.1) is 5.92 Å². The Labute approximate surface area is 145 Å². The Kier molecular flexibility index (Phi) is 4.90. The van der Waals surface area contributed by atoms with E-state index in [9.17, 15) is 14.7 Å². The van der Waals surface area contributed by atoms with Crippen molar-refractivity contribution in [1.82, 2.24) is 5.32 Å². The predicted octanol–water partition coefficient (Wildman–Crippen LogP) is 3.45. The highest BCUT2D eigenvalue weighted by molar-refractivity contribution is 7.99. The molecule has 0 aromatic heterocycles. The van der Waals surface area contributed by atoms with E-state index in [0.717, 1.165) is 16.0 Å². The molecule has 0 bridgehead atoms. The lowest BCUT2D eigenvalue weighted by Crippen LogP contribution is -2.38. The molecular formula is C19H19NO3S. The first-order valence-electron chi connectivity index (χ1n) is 7.87. The summed E-state index contributed by atoms with van der Waals surface area (Å²) < 4.78 is 0. The van der Waals surface area contributed by atoms with Crippen LogP contribution < -0.4 is 5.32 Å². The average molecular weight is 341 g/mol. The number of carbonyl (C=O) groups is 2. The second-order valence-corrected chi connectivity index (χ2v) is 6.99. The molecule has 3 rings (SSSR count). The van der Waals surface area contributed by atoms with Crippen molar-refractivity contribution in [2.75, 3.05) is 5.75 Å². The molecule has 1 aliphatic rings. The van der Waals surface area contributed by atoms with E-state index < -0.39 is 17.9 Å². The molecular weight excluding hydrogens is 322 g/mol. The van der Waals surface area contributed by atoms with Gasteiger partial charge in [-0.25, -0.2) is 0 Å². The first kappa shape index (κ1) is 16.6. The lowest BCUT2D eigenvalue weighted by Gasteiger charge is -2.24. The third-order valence-electron chi connectivity index (χ3n) is 4.36. The van der Waals surface area contributed by atoms with Crippen LogP contribution in [-0.2, 0) is 9.59 Å². The summed E-state index contributed by atoms with van der Waals surface area (Å²) in [7, 11) is 0. The molecule has 2 N–H and O–H groups in total. The number of hydrogen-bond acceptors (Lipinski definition) is 3. The first-order valence-corrected chi connectivity index (χ1v) is 8.86. The van der Waals surface area contributed by atoms with E-state index in [2.05, 4.69) is 5.32 Å². The number of fused-ring (bicyclic) bond motifs is 1. The fraction of sp³-hybridized carbons (Fsp3) is 0.263. The summed E-state index contributed by atoms with van der Waals surface area (Å²) in [5, 5.41) is 12.4. The molecule has 1 heterocycles. The van der Waals surface area contributed by atoms with Gasteiger partial charge in [0.15, 0.2) is 0 Å². The number of rotatable bonds is 5. The van der Waals surface area contributed by atoms with Crippen LogP contribution in [0.3, 0.4) is 0 Å². The molecule has 0 spiro atoms. The second kappa shape index (κ2) is 7.09. The summed E-state index contributed by atoms with van der Waals surface area (Å²) in [4.78, 5) is 25.4. The van der Waals surface area contributed by atoms with Gasteiger partial charge in [0.25, 0.3) is 0 Å². The third kappa shape index (κ3) is 3.31. The van der Waals surface area contributed by atoms with Crippen molar-refractivity contribution in [1.29, 1.82) is 0 Å². The Morgan fingerprint density at radius 3 is 2.50 bits per heavy atom. The normalized spacial score (nSPS) is 18.5. The maximum Gasteiger partial charge on any atom is 0.308 e. The molecule has 0 fully saturated rings. The molecule has 0 radical (unpaired) electrons. The minimum Gasteiger partial charge on any atom is -0.481 e. The van der Waals surface area contributed by atoms with E-state index in [1.54, 1.807) is 18.7 Å². The lowest BCUT2D eigenvalue weighted by molar-refractivity contribution is -0.142. The van der Waals surface area contributed by atoms with Crippen molar-refractivity contribution in [2.24, 2.45) is 5.92 Å². The Morgan fingerprint density at radius 1 is 1.12 bits per heavy atom. The topological polar surface area (TPSA) is 66.4 Å².